The van der Waals surface area contributed by atoms with Gasteiger partial charge in [-0.2, -0.15) is 0 Å². The van der Waals surface area contributed by atoms with Gasteiger partial charge in [-0.1, -0.05) is 6.07 Å². The van der Waals surface area contributed by atoms with Crippen molar-refractivity contribution in [3.63, 3.8) is 0 Å². The SMILES string of the molecule is Cc1nc(COc2cccc3[nH]c(C(=O)NC4CCNCC4)cc23)cs1. The quantitative estimate of drug-likeness (QED) is 0.645. The molecule has 2 aromatic heterocycles. The molecule has 1 fully saturated rings. The Morgan fingerprint density at radius 3 is 3.00 bits per heavy atom. The van der Waals surface area contributed by atoms with E-state index in [0.29, 0.717) is 12.3 Å². The van der Waals surface area contributed by atoms with Crippen LogP contribution in [0.1, 0.15) is 34.0 Å². The maximum Gasteiger partial charge on any atom is 0.267 e. The number of rotatable bonds is 5. The fourth-order valence-corrected chi connectivity index (χ4v) is 3.83. The second kappa shape index (κ2) is 7.47. The number of hydrogen-bond donors (Lipinski definition) is 3. The molecule has 0 radical (unpaired) electrons. The van der Waals surface area contributed by atoms with Crippen LogP contribution in [0.4, 0.5) is 0 Å². The highest BCUT2D eigenvalue weighted by atomic mass is 32.1. The van der Waals surface area contributed by atoms with Gasteiger partial charge in [-0.25, -0.2) is 4.98 Å². The molecule has 136 valence electrons. The highest BCUT2D eigenvalue weighted by Gasteiger charge is 2.18. The van der Waals surface area contributed by atoms with Crippen molar-refractivity contribution in [3.8, 4) is 5.75 Å². The highest BCUT2D eigenvalue weighted by Crippen LogP contribution is 2.27. The number of aromatic nitrogens is 2. The number of ether oxygens (including phenoxy) is 1. The third-order valence-electron chi connectivity index (χ3n) is 4.59. The molecule has 0 atom stereocenters. The number of amides is 1. The average molecular weight is 370 g/mol. The van der Waals surface area contributed by atoms with E-state index in [1.54, 1.807) is 11.3 Å². The zero-order valence-corrected chi connectivity index (χ0v) is 15.5. The molecule has 1 aromatic carbocycles. The summed E-state index contributed by atoms with van der Waals surface area (Å²) in [5, 5.41) is 10.4. The van der Waals surface area contributed by atoms with E-state index >= 15 is 0 Å². The predicted molar refractivity (Wildman–Crippen MR) is 103 cm³/mol. The van der Waals surface area contributed by atoms with E-state index in [-0.39, 0.29) is 11.9 Å². The molecule has 0 aliphatic carbocycles. The van der Waals surface area contributed by atoms with E-state index in [1.165, 1.54) is 0 Å². The average Bonchev–Trinajstić information content (AvgIpc) is 3.27. The maximum atomic E-state index is 12.6. The van der Waals surface area contributed by atoms with Crippen LogP contribution in [0.3, 0.4) is 0 Å². The number of nitrogens with one attached hydrogen (secondary N) is 3. The van der Waals surface area contributed by atoms with Crippen LogP contribution in [-0.2, 0) is 6.61 Å². The second-order valence-electron chi connectivity index (χ2n) is 6.54. The zero-order valence-electron chi connectivity index (χ0n) is 14.7. The standard InChI is InChI=1S/C19H22N4O2S/c1-12-21-14(11-26-12)10-25-18-4-2-3-16-15(18)9-17(23-16)19(24)22-13-5-7-20-8-6-13/h2-4,9,11,13,20,23H,5-8,10H2,1H3,(H,22,24). The Kier molecular flexibility index (Phi) is 4.90. The van der Waals surface area contributed by atoms with E-state index in [9.17, 15) is 4.79 Å². The number of piperidine rings is 1. The van der Waals surface area contributed by atoms with Crippen LogP contribution >= 0.6 is 11.3 Å². The summed E-state index contributed by atoms with van der Waals surface area (Å²) in [6.07, 6.45) is 1.93. The van der Waals surface area contributed by atoms with Crippen molar-refractivity contribution in [1.82, 2.24) is 20.6 Å². The Morgan fingerprint density at radius 2 is 2.23 bits per heavy atom. The van der Waals surface area contributed by atoms with Gasteiger partial charge in [0.15, 0.2) is 0 Å². The summed E-state index contributed by atoms with van der Waals surface area (Å²) in [5.41, 5.74) is 2.38. The van der Waals surface area contributed by atoms with E-state index in [1.807, 2.05) is 36.6 Å². The molecule has 7 heteroatoms. The number of benzene rings is 1. The van der Waals surface area contributed by atoms with E-state index in [4.69, 9.17) is 4.74 Å². The predicted octanol–water partition coefficient (Wildman–Crippen LogP) is 2.99. The summed E-state index contributed by atoms with van der Waals surface area (Å²) >= 11 is 1.61. The Morgan fingerprint density at radius 1 is 1.38 bits per heavy atom. The summed E-state index contributed by atoms with van der Waals surface area (Å²) in [6, 6.07) is 7.90. The van der Waals surface area contributed by atoms with Gasteiger partial charge in [0, 0.05) is 22.3 Å². The molecule has 0 unspecified atom stereocenters. The number of carbonyl (C=O) groups is 1. The molecule has 6 nitrogen and oxygen atoms in total. The Bertz CT molecular complexity index is 911. The van der Waals surface area contributed by atoms with Gasteiger partial charge >= 0.3 is 0 Å². The number of aromatic amines is 1. The van der Waals surface area contributed by atoms with Crippen molar-refractivity contribution in [2.45, 2.75) is 32.4 Å². The van der Waals surface area contributed by atoms with Crippen LogP contribution in [0, 0.1) is 6.92 Å². The Labute approximate surface area is 156 Å². The fourth-order valence-electron chi connectivity index (χ4n) is 3.23. The highest BCUT2D eigenvalue weighted by molar-refractivity contribution is 7.09. The maximum absolute atomic E-state index is 12.6. The summed E-state index contributed by atoms with van der Waals surface area (Å²) in [4.78, 5) is 20.2. The van der Waals surface area contributed by atoms with Gasteiger partial charge in [0.1, 0.15) is 18.1 Å². The summed E-state index contributed by atoms with van der Waals surface area (Å²) in [6.45, 7) is 4.30. The lowest BCUT2D eigenvalue weighted by Crippen LogP contribution is -2.42. The van der Waals surface area contributed by atoms with Crippen molar-refractivity contribution in [2.75, 3.05) is 13.1 Å². The molecule has 1 amide bonds. The van der Waals surface area contributed by atoms with Gasteiger partial charge in [0.2, 0.25) is 0 Å². The molecule has 26 heavy (non-hydrogen) atoms. The molecule has 1 aliphatic heterocycles. The van der Waals surface area contributed by atoms with Crippen molar-refractivity contribution in [2.24, 2.45) is 0 Å². The van der Waals surface area contributed by atoms with Crippen LogP contribution in [0.2, 0.25) is 0 Å². The molecular weight excluding hydrogens is 348 g/mol. The number of carbonyl (C=O) groups excluding carboxylic acids is 1. The monoisotopic (exact) mass is 370 g/mol. The number of hydrogen-bond acceptors (Lipinski definition) is 5. The summed E-state index contributed by atoms with van der Waals surface area (Å²) in [5.74, 6) is 0.694. The van der Waals surface area contributed by atoms with Crippen molar-refractivity contribution in [1.29, 1.82) is 0 Å². The minimum Gasteiger partial charge on any atom is -0.487 e. The molecule has 1 saturated heterocycles. The number of nitrogens with zero attached hydrogens (tertiary/aromatic N) is 1. The number of thiazole rings is 1. The van der Waals surface area contributed by atoms with Crippen LogP contribution in [0.25, 0.3) is 10.9 Å². The van der Waals surface area contributed by atoms with Crippen LogP contribution < -0.4 is 15.4 Å². The fraction of sp³-hybridized carbons (Fsp3) is 0.368. The molecule has 3 aromatic rings. The number of aryl methyl sites for hydroxylation is 1. The largest absolute Gasteiger partial charge is 0.487 e. The zero-order chi connectivity index (χ0) is 17.9. The molecule has 0 bridgehead atoms. The van der Waals surface area contributed by atoms with Crippen LogP contribution in [0.15, 0.2) is 29.6 Å². The third kappa shape index (κ3) is 3.73. The molecule has 0 spiro atoms. The molecule has 3 N–H and O–H groups in total. The van der Waals surface area contributed by atoms with E-state index in [0.717, 1.165) is 53.3 Å². The van der Waals surface area contributed by atoms with E-state index < -0.39 is 0 Å². The Balaban J connectivity index is 1.50. The Hall–Kier alpha value is -2.38. The van der Waals surface area contributed by atoms with Crippen LogP contribution in [-0.4, -0.2) is 35.0 Å². The minimum atomic E-state index is -0.0609. The minimum absolute atomic E-state index is 0.0609. The lowest BCUT2D eigenvalue weighted by atomic mass is 10.1. The van der Waals surface area contributed by atoms with Gasteiger partial charge in [-0.05, 0) is 51.1 Å². The van der Waals surface area contributed by atoms with Crippen molar-refractivity contribution >= 4 is 28.1 Å². The van der Waals surface area contributed by atoms with Gasteiger partial charge in [-0.3, -0.25) is 4.79 Å². The molecule has 0 saturated carbocycles. The van der Waals surface area contributed by atoms with E-state index in [2.05, 4.69) is 20.6 Å². The number of fused-ring (bicyclic) bond motifs is 1. The first-order valence-electron chi connectivity index (χ1n) is 8.86. The molecule has 3 heterocycles. The third-order valence-corrected chi connectivity index (χ3v) is 5.41. The second-order valence-corrected chi connectivity index (χ2v) is 7.61. The van der Waals surface area contributed by atoms with Gasteiger partial charge < -0.3 is 20.4 Å². The summed E-state index contributed by atoms with van der Waals surface area (Å²) in [7, 11) is 0. The first-order valence-corrected chi connectivity index (χ1v) is 9.74. The smallest absolute Gasteiger partial charge is 0.267 e. The van der Waals surface area contributed by atoms with Gasteiger partial charge in [-0.15, -0.1) is 11.3 Å². The molecule has 1 aliphatic rings. The normalized spacial score (nSPS) is 15.3. The molecular formula is C19H22N4O2S. The topological polar surface area (TPSA) is 79.0 Å². The van der Waals surface area contributed by atoms with Gasteiger partial charge in [0.25, 0.3) is 5.91 Å². The van der Waals surface area contributed by atoms with Crippen molar-refractivity contribution < 1.29 is 9.53 Å². The first kappa shape index (κ1) is 17.1. The van der Waals surface area contributed by atoms with Crippen LogP contribution in [0.5, 0.6) is 5.75 Å². The molecule has 4 rings (SSSR count). The van der Waals surface area contributed by atoms with Crippen molar-refractivity contribution in [3.05, 3.63) is 46.0 Å². The lowest BCUT2D eigenvalue weighted by Gasteiger charge is -2.23. The van der Waals surface area contributed by atoms with Gasteiger partial charge in [0.05, 0.1) is 10.7 Å². The lowest BCUT2D eigenvalue weighted by molar-refractivity contribution is 0.0925. The summed E-state index contributed by atoms with van der Waals surface area (Å²) < 4.78 is 5.95. The number of H-pyrrole nitrogens is 1. The first-order chi connectivity index (χ1) is 12.7.